The van der Waals surface area contributed by atoms with Gasteiger partial charge in [0.1, 0.15) is 13.2 Å². The number of rotatable bonds is 68. The van der Waals surface area contributed by atoms with Crippen LogP contribution in [0.5, 0.6) is 0 Å². The number of carbonyl (C=O) groups is 1. The minimum absolute atomic E-state index is 0.00336. The van der Waals surface area contributed by atoms with Gasteiger partial charge < -0.3 is 28.8 Å². The molecule has 0 fully saturated rings. The number of aliphatic hydroxyl groups excluding tert-OH is 1. The lowest BCUT2D eigenvalue weighted by atomic mass is 10.0. The van der Waals surface area contributed by atoms with Crippen molar-refractivity contribution in [3.05, 3.63) is 24.3 Å². The molecule has 9 heteroatoms. The van der Waals surface area contributed by atoms with Crippen molar-refractivity contribution >= 4 is 13.7 Å². The molecule has 0 aliphatic carbocycles. The summed E-state index contributed by atoms with van der Waals surface area (Å²) in [6, 6.07) is -0.902. The zero-order chi connectivity index (χ0) is 59.1. The van der Waals surface area contributed by atoms with Crippen molar-refractivity contribution in [2.24, 2.45) is 0 Å². The van der Waals surface area contributed by atoms with E-state index in [9.17, 15) is 19.4 Å². The van der Waals surface area contributed by atoms with Crippen molar-refractivity contribution < 1.29 is 32.9 Å². The lowest BCUT2D eigenvalue weighted by molar-refractivity contribution is -0.870. The smallest absolute Gasteiger partial charge is 0.268 e. The van der Waals surface area contributed by atoms with Crippen LogP contribution in [0.15, 0.2) is 24.3 Å². The van der Waals surface area contributed by atoms with Crippen LogP contribution in [0, 0.1) is 0 Å². The van der Waals surface area contributed by atoms with Crippen LogP contribution in [0.2, 0.25) is 0 Å². The van der Waals surface area contributed by atoms with Crippen molar-refractivity contribution in [2.45, 2.75) is 392 Å². The van der Waals surface area contributed by atoms with E-state index in [1.807, 2.05) is 27.2 Å². The summed E-state index contributed by atoms with van der Waals surface area (Å²) in [4.78, 5) is 25.6. The van der Waals surface area contributed by atoms with Gasteiger partial charge in [0.25, 0.3) is 7.82 Å². The van der Waals surface area contributed by atoms with Crippen LogP contribution in [-0.2, 0) is 18.4 Å². The standard InChI is InChI=1S/C72H143N2O6P/c1-6-8-10-12-14-16-18-20-22-24-26-28-30-32-34-36-38-39-41-43-45-47-49-51-53-55-57-59-61-63-65-71(75)70(69-80-81(77,78)79-68-67-74(3,4)5)73-72(76)66-64-62-60-58-56-54-52-50-48-46-44-42-40-37-35-33-31-29-27-25-23-21-19-17-15-13-11-9-7-2/h55,57,63,65,70-71,75H,6-54,56,58-62,64,66-69H2,1-5H3,(H-,73,76,77,78)/b57-55+,65-63+. The minimum atomic E-state index is -4.61. The SMILES string of the molecule is CCCCCCCCCCCCCCCCCCCCCCCCCC/C=C/CC/C=C/C(O)C(COP(=O)([O-])OCC[N+](C)(C)C)NC(=O)CCCCCCCCCCCCCCCCCCCCCCCCCCCCCCC. The molecule has 3 atom stereocenters. The van der Waals surface area contributed by atoms with Crippen LogP contribution in [0.1, 0.15) is 380 Å². The molecule has 0 saturated carbocycles. The number of hydrogen-bond acceptors (Lipinski definition) is 6. The predicted molar refractivity (Wildman–Crippen MR) is 353 cm³/mol. The van der Waals surface area contributed by atoms with Gasteiger partial charge in [0, 0.05) is 6.42 Å². The number of allylic oxidation sites excluding steroid dienone is 3. The topological polar surface area (TPSA) is 108 Å². The molecule has 0 radical (unpaired) electrons. The van der Waals surface area contributed by atoms with E-state index in [0.29, 0.717) is 17.4 Å². The van der Waals surface area contributed by atoms with Crippen molar-refractivity contribution in [2.75, 3.05) is 40.9 Å². The van der Waals surface area contributed by atoms with Crippen LogP contribution in [0.4, 0.5) is 0 Å². The molecule has 0 aromatic heterocycles. The van der Waals surface area contributed by atoms with Crippen molar-refractivity contribution in [1.82, 2.24) is 5.32 Å². The molecule has 0 saturated heterocycles. The summed E-state index contributed by atoms with van der Waals surface area (Å²) in [6.07, 6.45) is 83.2. The summed E-state index contributed by atoms with van der Waals surface area (Å²) in [6.45, 7) is 4.70. The van der Waals surface area contributed by atoms with E-state index in [0.717, 1.165) is 38.5 Å². The molecule has 0 aliphatic heterocycles. The summed E-state index contributed by atoms with van der Waals surface area (Å²) < 4.78 is 23.5. The summed E-state index contributed by atoms with van der Waals surface area (Å²) in [5.74, 6) is -0.198. The Kier molecular flexibility index (Phi) is 62.7. The fraction of sp³-hybridized carbons (Fsp3) is 0.931. The van der Waals surface area contributed by atoms with E-state index in [1.165, 1.54) is 321 Å². The number of phosphoric ester groups is 1. The molecule has 0 bridgehead atoms. The molecular formula is C72H143N2O6P. The van der Waals surface area contributed by atoms with Gasteiger partial charge in [0.2, 0.25) is 5.91 Å². The van der Waals surface area contributed by atoms with E-state index >= 15 is 0 Å². The molecule has 0 aromatic rings. The average molecular weight is 1160 g/mol. The third-order valence-electron chi connectivity index (χ3n) is 16.9. The molecule has 8 nitrogen and oxygen atoms in total. The number of phosphoric acid groups is 1. The van der Waals surface area contributed by atoms with E-state index in [-0.39, 0.29) is 19.1 Å². The quantitative estimate of drug-likeness (QED) is 0.0272. The molecule has 0 aliphatic rings. The number of quaternary nitrogens is 1. The third kappa shape index (κ3) is 66.4. The molecule has 1 amide bonds. The summed E-state index contributed by atoms with van der Waals surface area (Å²) in [5.41, 5.74) is 0. The Hall–Kier alpha value is -1.02. The second-order valence-corrected chi connectivity index (χ2v) is 27.7. The van der Waals surface area contributed by atoms with Gasteiger partial charge in [0.05, 0.1) is 39.9 Å². The first-order chi connectivity index (χ1) is 39.5. The average Bonchev–Trinajstić information content (AvgIpc) is 3.43. The Morgan fingerprint density at radius 1 is 0.420 bits per heavy atom. The van der Waals surface area contributed by atoms with Crippen LogP contribution in [0.3, 0.4) is 0 Å². The number of amides is 1. The number of nitrogens with one attached hydrogen (secondary N) is 1. The van der Waals surface area contributed by atoms with Crippen molar-refractivity contribution in [1.29, 1.82) is 0 Å². The molecule has 0 heterocycles. The zero-order valence-electron chi connectivity index (χ0n) is 55.3. The number of likely N-dealkylation sites (N-methyl/N-ethyl adjacent to an activating group) is 1. The van der Waals surface area contributed by atoms with Crippen molar-refractivity contribution in [3.8, 4) is 0 Å². The van der Waals surface area contributed by atoms with Gasteiger partial charge in [0.15, 0.2) is 0 Å². The van der Waals surface area contributed by atoms with E-state index in [4.69, 9.17) is 9.05 Å². The monoisotopic (exact) mass is 1160 g/mol. The minimum Gasteiger partial charge on any atom is -0.756 e. The highest BCUT2D eigenvalue weighted by Gasteiger charge is 2.23. The second-order valence-electron chi connectivity index (χ2n) is 26.3. The first-order valence-corrected chi connectivity index (χ1v) is 37.7. The predicted octanol–water partition coefficient (Wildman–Crippen LogP) is 22.4. The normalized spacial score (nSPS) is 13.7. The maximum absolute atomic E-state index is 13.0. The summed E-state index contributed by atoms with van der Waals surface area (Å²) >= 11 is 0. The Bertz CT molecular complexity index is 1370. The van der Waals surface area contributed by atoms with Gasteiger partial charge in [-0.1, -0.05) is 366 Å². The van der Waals surface area contributed by atoms with Gasteiger partial charge in [-0.2, -0.15) is 0 Å². The highest BCUT2D eigenvalue weighted by Crippen LogP contribution is 2.38. The Labute approximate surface area is 506 Å². The van der Waals surface area contributed by atoms with Gasteiger partial charge >= 0.3 is 0 Å². The number of hydrogen-bond donors (Lipinski definition) is 2. The number of nitrogens with zero attached hydrogens (tertiary/aromatic N) is 1. The zero-order valence-corrected chi connectivity index (χ0v) is 56.2. The number of unbranched alkanes of at least 4 members (excludes halogenated alkanes) is 53. The molecule has 482 valence electrons. The Morgan fingerprint density at radius 2 is 0.691 bits per heavy atom. The lowest BCUT2D eigenvalue weighted by Gasteiger charge is -2.29. The Balaban J connectivity index is 4.05. The summed E-state index contributed by atoms with van der Waals surface area (Å²) in [5, 5.41) is 14.0. The Morgan fingerprint density at radius 3 is 1.00 bits per heavy atom. The molecule has 0 spiro atoms. The van der Waals surface area contributed by atoms with Gasteiger partial charge in [-0.05, 0) is 32.1 Å². The highest BCUT2D eigenvalue weighted by atomic mass is 31.2. The van der Waals surface area contributed by atoms with E-state index < -0.39 is 20.0 Å². The maximum atomic E-state index is 13.0. The number of aliphatic hydroxyl groups is 1. The third-order valence-corrected chi connectivity index (χ3v) is 17.9. The molecule has 81 heavy (non-hydrogen) atoms. The van der Waals surface area contributed by atoms with Crippen LogP contribution < -0.4 is 10.2 Å². The molecule has 0 aromatic carbocycles. The molecule has 0 rings (SSSR count). The van der Waals surface area contributed by atoms with Crippen LogP contribution in [0.25, 0.3) is 0 Å². The molecular weight excluding hydrogens is 1020 g/mol. The van der Waals surface area contributed by atoms with Crippen molar-refractivity contribution in [3.63, 3.8) is 0 Å². The van der Waals surface area contributed by atoms with Gasteiger partial charge in [-0.25, -0.2) is 0 Å². The molecule has 2 N–H and O–H groups in total. The van der Waals surface area contributed by atoms with E-state index in [1.54, 1.807) is 6.08 Å². The second kappa shape index (κ2) is 63.5. The van der Waals surface area contributed by atoms with Crippen LogP contribution in [-0.4, -0.2) is 68.5 Å². The maximum Gasteiger partial charge on any atom is 0.268 e. The molecule has 3 unspecified atom stereocenters. The fourth-order valence-corrected chi connectivity index (χ4v) is 12.0. The van der Waals surface area contributed by atoms with Gasteiger partial charge in [-0.3, -0.25) is 9.36 Å². The van der Waals surface area contributed by atoms with Crippen LogP contribution >= 0.6 is 7.82 Å². The summed E-state index contributed by atoms with van der Waals surface area (Å²) in [7, 11) is 1.26. The largest absolute Gasteiger partial charge is 0.756 e. The first kappa shape index (κ1) is 80.0. The first-order valence-electron chi connectivity index (χ1n) is 36.2. The highest BCUT2D eigenvalue weighted by molar-refractivity contribution is 7.45. The lowest BCUT2D eigenvalue weighted by Crippen LogP contribution is -2.45. The fourth-order valence-electron chi connectivity index (χ4n) is 11.3. The van der Waals surface area contributed by atoms with E-state index in [2.05, 4.69) is 31.3 Å². The number of carbonyl (C=O) groups excluding carboxylic acids is 1. The van der Waals surface area contributed by atoms with Gasteiger partial charge in [-0.15, -0.1) is 0 Å².